The molecule has 0 amide bonds. The Hall–Kier alpha value is 0.740. The molecule has 0 spiro atoms. The second kappa shape index (κ2) is 4.11. The molecule has 0 atom stereocenters. The fourth-order valence-corrected chi connectivity index (χ4v) is 1.07. The number of rotatable bonds is 2. The van der Waals surface area contributed by atoms with Gasteiger partial charge in [-0.05, 0) is 0 Å². The van der Waals surface area contributed by atoms with Crippen molar-refractivity contribution in [1.82, 2.24) is 3.87 Å². The maximum Gasteiger partial charge on any atom is 0.374 e. The molecule has 63 valence electrons. The van der Waals surface area contributed by atoms with Crippen LogP contribution in [0.25, 0.3) is 0 Å². The van der Waals surface area contributed by atoms with Gasteiger partial charge in [-0.3, -0.25) is 14.3 Å². The van der Waals surface area contributed by atoms with Crippen molar-refractivity contribution in [3.8, 4) is 0 Å². The maximum absolute atomic E-state index is 9.67. The summed E-state index contributed by atoms with van der Waals surface area (Å²) < 4.78 is 52.6. The first-order valence-corrected chi connectivity index (χ1v) is 4.39. The van der Waals surface area contributed by atoms with E-state index < -0.39 is 24.5 Å². The first-order chi connectivity index (χ1) is 4.15. The van der Waals surface area contributed by atoms with Crippen LogP contribution in [-0.2, 0) is 20.6 Å². The molecule has 11 heteroatoms. The molecule has 0 aliphatic rings. The molecule has 0 fully saturated rings. The number of nitrogens with zero attached hydrogens (tertiary/aromatic N) is 1. The molecule has 0 aliphatic carbocycles. The van der Waals surface area contributed by atoms with Crippen LogP contribution >= 0.6 is 0 Å². The van der Waals surface area contributed by atoms with Crippen LogP contribution in [0.15, 0.2) is 0 Å². The van der Waals surface area contributed by atoms with Crippen molar-refractivity contribution in [3.05, 3.63) is 0 Å². The Morgan fingerprint density at radius 3 is 1.09 bits per heavy atom. The van der Waals surface area contributed by atoms with E-state index >= 15 is 0 Å². The molecule has 0 saturated carbocycles. The van der Waals surface area contributed by atoms with Gasteiger partial charge in [0.1, 0.15) is 0 Å². The molecule has 1 radical (unpaired) electrons. The quantitative estimate of drug-likeness (QED) is 0.273. The molecule has 11 heavy (non-hydrogen) atoms. The molecule has 0 unspecified atom stereocenters. The minimum absolute atomic E-state index is 0. The summed E-state index contributed by atoms with van der Waals surface area (Å²) in [6, 6.07) is 0. The van der Waals surface area contributed by atoms with Crippen LogP contribution in [-0.4, -0.2) is 64.6 Å². The predicted molar refractivity (Wildman–Crippen MR) is 32.5 cm³/mol. The van der Waals surface area contributed by atoms with Gasteiger partial charge in [-0.2, -0.15) is 16.8 Å². The fourth-order valence-electron chi connectivity index (χ4n) is 0.119. The first kappa shape index (κ1) is 14.3. The average Bonchev–Trinajstić information content (AvgIpc) is 1.59. The molecule has 0 heterocycles. The van der Waals surface area contributed by atoms with E-state index in [2.05, 4.69) is 0 Å². The maximum atomic E-state index is 9.67. The zero-order valence-electron chi connectivity index (χ0n) is 5.24. The molecule has 0 saturated heterocycles. The SMILES string of the molecule is O=S(=O)(O)N(O)S(=O)(=O)O.[Na]. The fraction of sp³-hybridized carbons (Fsp3) is 0. The molecule has 0 aromatic heterocycles. The summed E-state index contributed by atoms with van der Waals surface area (Å²) in [4.78, 5) is 0. The minimum atomic E-state index is -5.31. The van der Waals surface area contributed by atoms with Gasteiger partial charge in [0.05, 0.1) is 3.87 Å². The number of hydrogen-bond acceptors (Lipinski definition) is 5. The van der Waals surface area contributed by atoms with E-state index in [0.29, 0.717) is 0 Å². The minimum Gasteiger partial charge on any atom is -0.282 e. The molecule has 0 aliphatic heterocycles. The molecule has 0 aromatic rings. The van der Waals surface area contributed by atoms with E-state index in [4.69, 9.17) is 14.3 Å². The molecule has 0 aromatic carbocycles. The van der Waals surface area contributed by atoms with E-state index in [1.165, 1.54) is 0 Å². The molecule has 3 N–H and O–H groups in total. The molecule has 8 nitrogen and oxygen atoms in total. The van der Waals surface area contributed by atoms with Crippen molar-refractivity contribution in [3.63, 3.8) is 0 Å². The molecule has 0 bridgehead atoms. The van der Waals surface area contributed by atoms with Crippen LogP contribution in [0.1, 0.15) is 0 Å². The second-order valence-electron chi connectivity index (χ2n) is 1.13. The average molecular weight is 216 g/mol. The van der Waals surface area contributed by atoms with Gasteiger partial charge < -0.3 is 0 Å². The van der Waals surface area contributed by atoms with Gasteiger partial charge in [-0.15, -0.1) is 0 Å². The van der Waals surface area contributed by atoms with Crippen molar-refractivity contribution < 1.29 is 31.1 Å². The van der Waals surface area contributed by atoms with E-state index in [-0.39, 0.29) is 29.6 Å². The van der Waals surface area contributed by atoms with Crippen molar-refractivity contribution in [2.45, 2.75) is 0 Å². The van der Waals surface area contributed by atoms with Crippen LogP contribution in [0.4, 0.5) is 0 Å². The van der Waals surface area contributed by atoms with Crippen LogP contribution in [0, 0.1) is 0 Å². The summed E-state index contributed by atoms with van der Waals surface area (Å²) in [5.41, 5.74) is 0. The van der Waals surface area contributed by atoms with Gasteiger partial charge in [0, 0.05) is 29.6 Å². The van der Waals surface area contributed by atoms with Gasteiger partial charge in [0.25, 0.3) is 0 Å². The van der Waals surface area contributed by atoms with Gasteiger partial charge in [-0.1, -0.05) is 0 Å². The van der Waals surface area contributed by atoms with Gasteiger partial charge in [-0.25, -0.2) is 0 Å². The van der Waals surface area contributed by atoms with Crippen LogP contribution in [0.2, 0.25) is 0 Å². The van der Waals surface area contributed by atoms with E-state index in [9.17, 15) is 16.8 Å². The van der Waals surface area contributed by atoms with E-state index in [1.54, 1.807) is 0 Å². The summed E-state index contributed by atoms with van der Waals surface area (Å²) in [6.45, 7) is 0. The third-order valence-corrected chi connectivity index (χ3v) is 2.31. The van der Waals surface area contributed by atoms with Crippen molar-refractivity contribution in [1.29, 1.82) is 0 Å². The Balaban J connectivity index is 0. The largest absolute Gasteiger partial charge is 0.374 e. The van der Waals surface area contributed by atoms with Crippen molar-refractivity contribution in [2.24, 2.45) is 0 Å². The second-order valence-corrected chi connectivity index (χ2v) is 3.85. The van der Waals surface area contributed by atoms with Crippen LogP contribution in [0.3, 0.4) is 0 Å². The Morgan fingerprint density at radius 2 is 1.09 bits per heavy atom. The summed E-state index contributed by atoms with van der Waals surface area (Å²) in [7, 11) is -10.6. The topological polar surface area (TPSA) is 132 Å². The molecular formula is H3NNaO7S2. The Kier molecular flexibility index (Phi) is 5.34. The zero-order valence-corrected chi connectivity index (χ0v) is 8.87. The normalized spacial score (nSPS) is 12.7. The summed E-state index contributed by atoms with van der Waals surface area (Å²) in [5.74, 6) is 0. The van der Waals surface area contributed by atoms with E-state index in [1.807, 2.05) is 0 Å². The summed E-state index contributed by atoms with van der Waals surface area (Å²) >= 11 is 0. The monoisotopic (exact) mass is 216 g/mol. The first-order valence-electron chi connectivity index (χ1n) is 1.60. The van der Waals surface area contributed by atoms with Crippen LogP contribution < -0.4 is 0 Å². The molecule has 0 rings (SSSR count). The Morgan fingerprint density at radius 1 is 0.909 bits per heavy atom. The van der Waals surface area contributed by atoms with Gasteiger partial charge in [0.2, 0.25) is 0 Å². The van der Waals surface area contributed by atoms with Crippen molar-refractivity contribution in [2.75, 3.05) is 0 Å². The van der Waals surface area contributed by atoms with Gasteiger partial charge >= 0.3 is 20.6 Å². The predicted octanol–water partition coefficient (Wildman–Crippen LogP) is -2.10. The number of hydrogen-bond donors (Lipinski definition) is 3. The standard InChI is InChI=1S/H3NO7S2.Na/c2-1(9(3,4)5)10(6,7)8;/h2H,(H,3,4,5)(H,6,7,8);. The third-order valence-electron chi connectivity index (χ3n) is 0.395. The Labute approximate surface area is 84.8 Å². The van der Waals surface area contributed by atoms with E-state index in [0.717, 1.165) is 0 Å². The Bertz CT molecular complexity index is 265. The smallest absolute Gasteiger partial charge is 0.282 e. The third kappa shape index (κ3) is 5.05. The zero-order chi connectivity index (χ0) is 8.58. The summed E-state index contributed by atoms with van der Waals surface area (Å²) in [6.07, 6.45) is 0. The van der Waals surface area contributed by atoms with Crippen LogP contribution in [0.5, 0.6) is 0 Å². The van der Waals surface area contributed by atoms with Gasteiger partial charge in [0.15, 0.2) is 0 Å². The van der Waals surface area contributed by atoms with Crippen molar-refractivity contribution >= 4 is 50.2 Å². The molecular weight excluding hydrogens is 213 g/mol. The summed E-state index contributed by atoms with van der Waals surface area (Å²) in [5, 5.41) is 7.88.